The quantitative estimate of drug-likeness (QED) is 0.242. The lowest BCUT2D eigenvalue weighted by atomic mass is 9.70. The zero-order valence-corrected chi connectivity index (χ0v) is 21.8. The maximum atomic E-state index is 13.3. The molecular formula is C29H33BN4O5. The second kappa shape index (κ2) is 13.2. The van der Waals surface area contributed by atoms with Crippen LogP contribution < -0.4 is 16.0 Å². The molecule has 2 unspecified atom stereocenters. The number of hydrogen-bond donors (Lipinski definition) is 5. The van der Waals surface area contributed by atoms with E-state index in [0.717, 1.165) is 30.4 Å². The highest BCUT2D eigenvalue weighted by Crippen LogP contribution is 2.30. The van der Waals surface area contributed by atoms with Crippen LogP contribution in [0, 0.1) is 12.8 Å². The Kier molecular flexibility index (Phi) is 9.46. The number of amides is 3. The van der Waals surface area contributed by atoms with Gasteiger partial charge in [-0.15, -0.1) is 0 Å². The van der Waals surface area contributed by atoms with Crippen molar-refractivity contribution in [3.8, 4) is 11.3 Å². The summed E-state index contributed by atoms with van der Waals surface area (Å²) in [6, 6.07) is 20.2. The molecule has 1 aromatic heterocycles. The minimum Gasteiger partial charge on any atom is -0.426 e. The molecule has 1 saturated carbocycles. The van der Waals surface area contributed by atoms with Crippen molar-refractivity contribution in [1.29, 1.82) is 0 Å². The standard InChI is InChI=1S/C29H33BN4O5/c1-19-13-15-22(16-14-19)27(35)31-18-25(29(37)34-26(30(38)39)17-20-7-5-8-20)33-28(36)24-12-6-11-23(32-24)21-9-3-2-4-10-21/h2-4,6,9-16,20,25-26,38-39H,5,7-8,17-18H2,1H3,(H,31,35)(H,33,36)(H,34,37). The highest BCUT2D eigenvalue weighted by Gasteiger charge is 2.33. The Morgan fingerprint density at radius 2 is 1.64 bits per heavy atom. The maximum Gasteiger partial charge on any atom is 0.475 e. The molecule has 1 heterocycles. The third-order valence-electron chi connectivity index (χ3n) is 6.95. The Hall–Kier alpha value is -4.02. The van der Waals surface area contributed by atoms with E-state index in [1.165, 1.54) is 0 Å². The van der Waals surface area contributed by atoms with Crippen LogP contribution in [-0.4, -0.2) is 58.4 Å². The van der Waals surface area contributed by atoms with Crippen molar-refractivity contribution in [3.63, 3.8) is 0 Å². The average Bonchev–Trinajstić information content (AvgIpc) is 2.92. The van der Waals surface area contributed by atoms with Gasteiger partial charge in [0.1, 0.15) is 11.7 Å². The minimum absolute atomic E-state index is 0.104. The number of carbonyl (C=O) groups excluding carboxylic acids is 3. The first-order valence-electron chi connectivity index (χ1n) is 13.1. The number of aromatic nitrogens is 1. The van der Waals surface area contributed by atoms with Crippen LogP contribution in [-0.2, 0) is 4.79 Å². The Morgan fingerprint density at radius 3 is 2.28 bits per heavy atom. The largest absolute Gasteiger partial charge is 0.475 e. The van der Waals surface area contributed by atoms with Gasteiger partial charge in [-0.3, -0.25) is 14.4 Å². The Balaban J connectivity index is 1.49. The molecule has 0 bridgehead atoms. The first-order chi connectivity index (χ1) is 18.8. The van der Waals surface area contributed by atoms with Crippen LogP contribution in [0.15, 0.2) is 72.8 Å². The van der Waals surface area contributed by atoms with Gasteiger partial charge in [0.25, 0.3) is 11.8 Å². The highest BCUT2D eigenvalue weighted by molar-refractivity contribution is 6.43. The molecule has 3 amide bonds. The number of hydrogen-bond acceptors (Lipinski definition) is 6. The number of benzene rings is 2. The fourth-order valence-electron chi connectivity index (χ4n) is 4.40. The summed E-state index contributed by atoms with van der Waals surface area (Å²) in [7, 11) is -1.75. The third kappa shape index (κ3) is 7.75. The summed E-state index contributed by atoms with van der Waals surface area (Å²) < 4.78 is 0. The number of aryl methyl sites for hydroxylation is 1. The van der Waals surface area contributed by atoms with Crippen LogP contribution in [0.25, 0.3) is 11.3 Å². The van der Waals surface area contributed by atoms with Crippen LogP contribution in [0.3, 0.4) is 0 Å². The molecule has 0 aliphatic heterocycles. The van der Waals surface area contributed by atoms with Crippen molar-refractivity contribution in [3.05, 3.63) is 89.6 Å². The van der Waals surface area contributed by atoms with Gasteiger partial charge in [-0.1, -0.05) is 73.4 Å². The lowest BCUT2D eigenvalue weighted by molar-refractivity contribution is -0.123. The SMILES string of the molecule is Cc1ccc(C(=O)NCC(NC(=O)c2cccc(-c3ccccc3)n2)C(=O)NC(CC2CCC2)B(O)O)cc1. The van der Waals surface area contributed by atoms with E-state index in [4.69, 9.17) is 0 Å². The van der Waals surface area contributed by atoms with Crippen molar-refractivity contribution in [2.75, 3.05) is 6.54 Å². The third-order valence-corrected chi connectivity index (χ3v) is 6.95. The number of nitrogens with zero attached hydrogens (tertiary/aromatic N) is 1. The summed E-state index contributed by atoms with van der Waals surface area (Å²) in [5.41, 5.74) is 2.95. The normalized spacial score (nSPS) is 14.4. The monoisotopic (exact) mass is 528 g/mol. The molecule has 202 valence electrons. The summed E-state index contributed by atoms with van der Waals surface area (Å²) in [5.74, 6) is -2.23. The van der Waals surface area contributed by atoms with Crippen LogP contribution in [0.4, 0.5) is 0 Å². The summed E-state index contributed by atoms with van der Waals surface area (Å²) >= 11 is 0. The molecule has 1 fully saturated rings. The van der Waals surface area contributed by atoms with Gasteiger partial charge >= 0.3 is 7.12 Å². The molecule has 1 aliphatic carbocycles. The smallest absolute Gasteiger partial charge is 0.426 e. The van der Waals surface area contributed by atoms with E-state index in [1.54, 1.807) is 42.5 Å². The van der Waals surface area contributed by atoms with E-state index >= 15 is 0 Å². The topological polar surface area (TPSA) is 141 Å². The van der Waals surface area contributed by atoms with Crippen molar-refractivity contribution in [1.82, 2.24) is 20.9 Å². The van der Waals surface area contributed by atoms with Gasteiger partial charge in [-0.2, -0.15) is 0 Å². The Morgan fingerprint density at radius 1 is 0.923 bits per heavy atom. The molecule has 3 aromatic rings. The molecule has 0 radical (unpaired) electrons. The first kappa shape index (κ1) is 28.0. The summed E-state index contributed by atoms with van der Waals surface area (Å²) in [6.45, 7) is 1.70. The molecule has 39 heavy (non-hydrogen) atoms. The molecule has 4 rings (SSSR count). The number of pyridine rings is 1. The number of rotatable bonds is 11. The summed E-state index contributed by atoms with van der Waals surface area (Å²) in [4.78, 5) is 43.6. The second-order valence-corrected chi connectivity index (χ2v) is 9.94. The van der Waals surface area contributed by atoms with Gasteiger partial charge in [-0.25, -0.2) is 4.98 Å². The molecule has 9 nitrogen and oxygen atoms in total. The molecule has 10 heteroatoms. The van der Waals surface area contributed by atoms with Crippen LogP contribution in [0.2, 0.25) is 0 Å². The van der Waals surface area contributed by atoms with E-state index in [-0.39, 0.29) is 12.2 Å². The van der Waals surface area contributed by atoms with E-state index in [9.17, 15) is 24.4 Å². The van der Waals surface area contributed by atoms with Crippen molar-refractivity contribution in [2.24, 2.45) is 5.92 Å². The van der Waals surface area contributed by atoms with Gasteiger partial charge in [0.2, 0.25) is 5.91 Å². The predicted octanol–water partition coefficient (Wildman–Crippen LogP) is 2.27. The molecule has 1 aliphatic rings. The van der Waals surface area contributed by atoms with Crippen LogP contribution >= 0.6 is 0 Å². The van der Waals surface area contributed by atoms with Crippen LogP contribution in [0.1, 0.15) is 52.1 Å². The number of nitrogens with one attached hydrogen (secondary N) is 3. The van der Waals surface area contributed by atoms with Crippen LogP contribution in [0.5, 0.6) is 0 Å². The molecule has 0 saturated heterocycles. The molecule has 0 spiro atoms. The number of carbonyl (C=O) groups is 3. The van der Waals surface area contributed by atoms with Gasteiger partial charge in [-0.05, 0) is 43.5 Å². The van der Waals surface area contributed by atoms with Crippen molar-refractivity contribution >= 4 is 24.8 Å². The van der Waals surface area contributed by atoms with Gasteiger partial charge < -0.3 is 26.0 Å². The molecule has 5 N–H and O–H groups in total. The summed E-state index contributed by atoms with van der Waals surface area (Å²) in [5, 5.41) is 27.8. The predicted molar refractivity (Wildman–Crippen MR) is 149 cm³/mol. The lowest BCUT2D eigenvalue weighted by Gasteiger charge is -2.30. The molecule has 2 atom stereocenters. The fraction of sp³-hybridized carbons (Fsp3) is 0.310. The first-order valence-corrected chi connectivity index (χ1v) is 13.1. The molecule has 2 aromatic carbocycles. The van der Waals surface area contributed by atoms with E-state index in [0.29, 0.717) is 23.6 Å². The van der Waals surface area contributed by atoms with E-state index in [2.05, 4.69) is 20.9 Å². The van der Waals surface area contributed by atoms with Gasteiger partial charge in [0.15, 0.2) is 0 Å². The summed E-state index contributed by atoms with van der Waals surface area (Å²) in [6.07, 6.45) is 3.43. The Bertz CT molecular complexity index is 1280. The second-order valence-electron chi connectivity index (χ2n) is 9.94. The van der Waals surface area contributed by atoms with E-state index in [1.807, 2.05) is 37.3 Å². The fourth-order valence-corrected chi connectivity index (χ4v) is 4.40. The maximum absolute atomic E-state index is 13.3. The van der Waals surface area contributed by atoms with Crippen molar-refractivity contribution < 1.29 is 24.4 Å². The Labute approximate surface area is 228 Å². The molecular weight excluding hydrogens is 495 g/mol. The van der Waals surface area contributed by atoms with Crippen molar-refractivity contribution in [2.45, 2.75) is 44.6 Å². The van der Waals surface area contributed by atoms with E-state index < -0.39 is 36.8 Å². The zero-order valence-electron chi connectivity index (χ0n) is 21.8. The minimum atomic E-state index is -1.75. The average molecular weight is 528 g/mol. The highest BCUT2D eigenvalue weighted by atomic mass is 16.4. The zero-order chi connectivity index (χ0) is 27.8. The van der Waals surface area contributed by atoms with Gasteiger partial charge in [0.05, 0.1) is 11.6 Å². The lowest BCUT2D eigenvalue weighted by Crippen LogP contribution is -2.57. The van der Waals surface area contributed by atoms with Gasteiger partial charge in [0, 0.05) is 17.7 Å².